The number of aromatic nitrogens is 1. The molecule has 0 aliphatic carbocycles. The average molecular weight is 168 g/mol. The van der Waals surface area contributed by atoms with E-state index in [1.165, 1.54) is 18.2 Å². The smallest absolute Gasteiger partial charge is 0.205 e. The van der Waals surface area contributed by atoms with E-state index in [0.29, 0.717) is 0 Å². The Morgan fingerprint density at radius 3 is 2.91 bits per heavy atom. The van der Waals surface area contributed by atoms with E-state index in [-0.39, 0.29) is 10.7 Å². The Kier molecular flexibility index (Phi) is 2.31. The summed E-state index contributed by atoms with van der Waals surface area (Å²) in [6, 6.07) is 6.13. The van der Waals surface area contributed by atoms with Crippen LogP contribution in [0.3, 0.4) is 0 Å². The number of nitriles is 1. The molecule has 0 saturated carbocycles. The molecule has 1 aromatic rings. The van der Waals surface area contributed by atoms with E-state index >= 15 is 0 Å². The zero-order chi connectivity index (χ0) is 8.27. The largest absolute Gasteiger partial charge is 0.301 e. The predicted octanol–water partition coefficient (Wildman–Crippen LogP) is 0.534. The number of pyridine rings is 1. The van der Waals surface area contributed by atoms with Crippen LogP contribution < -0.4 is 0 Å². The van der Waals surface area contributed by atoms with Crippen LogP contribution in [0.5, 0.6) is 0 Å². The van der Waals surface area contributed by atoms with Crippen molar-refractivity contribution >= 4 is 11.1 Å². The highest BCUT2D eigenvalue weighted by Crippen LogP contribution is 2.00. The van der Waals surface area contributed by atoms with Gasteiger partial charge in [0.2, 0.25) is 11.1 Å². The highest BCUT2D eigenvalue weighted by atomic mass is 32.2. The zero-order valence-corrected chi connectivity index (χ0v) is 6.21. The van der Waals surface area contributed by atoms with Crippen LogP contribution >= 0.6 is 0 Å². The lowest BCUT2D eigenvalue weighted by atomic mass is 10.4. The first-order valence-electron chi connectivity index (χ1n) is 2.72. The zero-order valence-electron chi connectivity index (χ0n) is 5.39. The fourth-order valence-electron chi connectivity index (χ4n) is 0.574. The number of hydrogen-bond acceptors (Lipinski definition) is 3. The summed E-state index contributed by atoms with van der Waals surface area (Å²) < 4.78 is 19.0. The average Bonchev–Trinajstić information content (AvgIpc) is 2.05. The van der Waals surface area contributed by atoms with Crippen molar-refractivity contribution in [3.8, 4) is 6.07 Å². The third-order valence-corrected chi connectivity index (χ3v) is 1.60. The lowest BCUT2D eigenvalue weighted by Crippen LogP contribution is -1.93. The Balaban J connectivity index is 3.13. The van der Waals surface area contributed by atoms with Gasteiger partial charge >= 0.3 is 0 Å². The predicted molar refractivity (Wildman–Crippen MR) is 38.0 cm³/mol. The molecule has 0 aliphatic rings. The van der Waals surface area contributed by atoms with Crippen LogP contribution in [0.15, 0.2) is 23.2 Å². The molecule has 1 unspecified atom stereocenters. The van der Waals surface area contributed by atoms with Gasteiger partial charge in [-0.15, -0.1) is 0 Å². The Hall–Kier alpha value is -1.25. The molecule has 0 radical (unpaired) electrons. The quantitative estimate of drug-likeness (QED) is 0.621. The molecule has 4 nitrogen and oxygen atoms in total. The lowest BCUT2D eigenvalue weighted by molar-refractivity contribution is 0.560. The van der Waals surface area contributed by atoms with Crippen molar-refractivity contribution in [2.24, 2.45) is 0 Å². The number of hydrogen-bond donors (Lipinski definition) is 1. The van der Waals surface area contributed by atoms with Crippen molar-refractivity contribution < 1.29 is 8.76 Å². The SMILES string of the molecule is N#Cc1cccc(S(=O)O)n1. The molecule has 0 aliphatic heterocycles. The van der Waals surface area contributed by atoms with Gasteiger partial charge < -0.3 is 4.55 Å². The summed E-state index contributed by atoms with van der Waals surface area (Å²) in [7, 11) is 0. The van der Waals surface area contributed by atoms with E-state index in [1.54, 1.807) is 6.07 Å². The Morgan fingerprint density at radius 2 is 2.36 bits per heavy atom. The summed E-state index contributed by atoms with van der Waals surface area (Å²) in [5.41, 5.74) is 0.143. The van der Waals surface area contributed by atoms with Crippen LogP contribution in [0.1, 0.15) is 5.69 Å². The topological polar surface area (TPSA) is 74.0 Å². The van der Waals surface area contributed by atoms with Gasteiger partial charge in [-0.25, -0.2) is 9.19 Å². The van der Waals surface area contributed by atoms with Crippen LogP contribution in [0.2, 0.25) is 0 Å². The van der Waals surface area contributed by atoms with Crippen LogP contribution in [0.4, 0.5) is 0 Å². The monoisotopic (exact) mass is 168 g/mol. The lowest BCUT2D eigenvalue weighted by Gasteiger charge is -1.91. The normalized spacial score (nSPS) is 12.0. The van der Waals surface area contributed by atoms with Gasteiger partial charge in [0.25, 0.3) is 0 Å². The van der Waals surface area contributed by atoms with Gasteiger partial charge in [0.15, 0.2) is 5.03 Å². The molecule has 0 amide bonds. The van der Waals surface area contributed by atoms with Gasteiger partial charge in [-0.3, -0.25) is 0 Å². The second-order valence-corrected chi connectivity index (χ2v) is 2.64. The molecule has 1 heterocycles. The molecule has 1 N–H and O–H groups in total. The van der Waals surface area contributed by atoms with Gasteiger partial charge in [-0.05, 0) is 12.1 Å². The molecule has 1 aromatic heterocycles. The van der Waals surface area contributed by atoms with E-state index in [4.69, 9.17) is 9.81 Å². The Bertz CT molecular complexity index is 332. The molecule has 1 rings (SSSR count). The maximum Gasteiger partial charge on any atom is 0.205 e. The molecule has 11 heavy (non-hydrogen) atoms. The van der Waals surface area contributed by atoms with E-state index in [2.05, 4.69) is 4.98 Å². The number of rotatable bonds is 1. The van der Waals surface area contributed by atoms with Crippen LogP contribution in [0.25, 0.3) is 0 Å². The van der Waals surface area contributed by atoms with Gasteiger partial charge in [0, 0.05) is 0 Å². The fraction of sp³-hybridized carbons (Fsp3) is 0. The fourth-order valence-corrected chi connectivity index (χ4v) is 0.946. The first-order chi connectivity index (χ1) is 5.24. The highest BCUT2D eigenvalue weighted by molar-refractivity contribution is 7.79. The molecule has 0 saturated heterocycles. The standard InChI is InChI=1S/C6H4N2O2S/c7-4-5-2-1-3-6(8-5)11(9)10/h1-3H,(H,9,10). The molecule has 0 bridgehead atoms. The second kappa shape index (κ2) is 3.23. The van der Waals surface area contributed by atoms with E-state index in [1.807, 2.05) is 0 Å². The molecular weight excluding hydrogens is 164 g/mol. The molecule has 1 atom stereocenters. The Labute approximate surface area is 65.8 Å². The van der Waals surface area contributed by atoms with E-state index < -0.39 is 11.1 Å². The van der Waals surface area contributed by atoms with E-state index in [0.717, 1.165) is 0 Å². The van der Waals surface area contributed by atoms with E-state index in [9.17, 15) is 4.21 Å². The first kappa shape index (κ1) is 7.85. The van der Waals surface area contributed by atoms with Crippen molar-refractivity contribution in [3.05, 3.63) is 23.9 Å². The first-order valence-corrected chi connectivity index (χ1v) is 3.82. The molecule has 0 aromatic carbocycles. The summed E-state index contributed by atoms with van der Waals surface area (Å²) in [6.45, 7) is 0. The third-order valence-electron chi connectivity index (χ3n) is 1.02. The minimum Gasteiger partial charge on any atom is -0.301 e. The molecular formula is C6H4N2O2S. The number of nitrogens with zero attached hydrogens (tertiary/aromatic N) is 2. The summed E-state index contributed by atoms with van der Waals surface area (Å²) in [5.74, 6) is 0. The van der Waals surface area contributed by atoms with Crippen molar-refractivity contribution in [2.75, 3.05) is 0 Å². The van der Waals surface area contributed by atoms with Gasteiger partial charge in [0.1, 0.15) is 11.8 Å². The molecule has 0 spiro atoms. The van der Waals surface area contributed by atoms with Gasteiger partial charge in [-0.2, -0.15) is 5.26 Å². The summed E-state index contributed by atoms with van der Waals surface area (Å²) in [5, 5.41) is 8.35. The summed E-state index contributed by atoms with van der Waals surface area (Å²) in [4.78, 5) is 3.58. The van der Waals surface area contributed by atoms with Crippen LogP contribution in [0, 0.1) is 11.3 Å². The van der Waals surface area contributed by atoms with Crippen molar-refractivity contribution in [3.63, 3.8) is 0 Å². The second-order valence-electron chi connectivity index (χ2n) is 1.72. The highest BCUT2D eigenvalue weighted by Gasteiger charge is 2.00. The maximum absolute atomic E-state index is 10.4. The van der Waals surface area contributed by atoms with Crippen LogP contribution in [-0.4, -0.2) is 13.7 Å². The van der Waals surface area contributed by atoms with Crippen molar-refractivity contribution in [1.29, 1.82) is 5.26 Å². The summed E-state index contributed by atoms with van der Waals surface area (Å²) in [6.07, 6.45) is 0. The minimum absolute atomic E-state index is 0.00375. The molecule has 0 fully saturated rings. The third kappa shape index (κ3) is 1.83. The minimum atomic E-state index is -2.10. The van der Waals surface area contributed by atoms with Crippen molar-refractivity contribution in [2.45, 2.75) is 5.03 Å². The van der Waals surface area contributed by atoms with Crippen molar-refractivity contribution in [1.82, 2.24) is 4.98 Å². The van der Waals surface area contributed by atoms with Crippen LogP contribution in [-0.2, 0) is 11.1 Å². The summed E-state index contributed by atoms with van der Waals surface area (Å²) >= 11 is -2.10. The Morgan fingerprint density at radius 1 is 1.64 bits per heavy atom. The molecule has 5 heteroatoms. The van der Waals surface area contributed by atoms with Gasteiger partial charge in [0.05, 0.1) is 0 Å². The maximum atomic E-state index is 10.4. The molecule has 56 valence electrons. The van der Waals surface area contributed by atoms with Gasteiger partial charge in [-0.1, -0.05) is 6.07 Å².